The first-order valence-electron chi connectivity index (χ1n) is 9.20. The van der Waals surface area contributed by atoms with Crippen LogP contribution >= 0.6 is 0 Å². The van der Waals surface area contributed by atoms with E-state index in [-0.39, 0.29) is 28.4 Å². The van der Waals surface area contributed by atoms with E-state index in [1.165, 1.54) is 39.5 Å². The lowest BCUT2D eigenvalue weighted by Crippen LogP contribution is -2.32. The quantitative estimate of drug-likeness (QED) is 0.410. The van der Waals surface area contributed by atoms with Crippen LogP contribution in [-0.2, 0) is 10.2 Å². The van der Waals surface area contributed by atoms with Gasteiger partial charge in [-0.3, -0.25) is 10.1 Å². The van der Waals surface area contributed by atoms with Crippen molar-refractivity contribution >= 4 is 23.0 Å². The fourth-order valence-electron chi connectivity index (χ4n) is 3.52. The molecule has 9 heteroatoms. The second-order valence-electron chi connectivity index (χ2n) is 6.91. The predicted molar refractivity (Wildman–Crippen MR) is 108 cm³/mol. The van der Waals surface area contributed by atoms with Gasteiger partial charge in [0.05, 0.1) is 37.7 Å². The summed E-state index contributed by atoms with van der Waals surface area (Å²) < 4.78 is 15.3. The lowest BCUT2D eigenvalue weighted by molar-refractivity contribution is -0.384. The monoisotopic (exact) mass is 411 g/mol. The van der Waals surface area contributed by atoms with Gasteiger partial charge < -0.3 is 19.5 Å². The number of nitrogens with zero attached hydrogens (tertiary/aromatic N) is 2. The zero-order chi connectivity index (χ0) is 21.9. The summed E-state index contributed by atoms with van der Waals surface area (Å²) >= 11 is 0. The van der Waals surface area contributed by atoms with E-state index in [1.807, 2.05) is 0 Å². The van der Waals surface area contributed by atoms with E-state index in [4.69, 9.17) is 14.2 Å². The third-order valence-corrected chi connectivity index (χ3v) is 5.34. The number of hydrogen-bond acceptors (Lipinski definition) is 8. The summed E-state index contributed by atoms with van der Waals surface area (Å²) in [6.45, 7) is 0. The average Bonchev–Trinajstić information content (AvgIpc) is 2.72. The van der Waals surface area contributed by atoms with Gasteiger partial charge >= 0.3 is 5.97 Å². The SMILES string of the molecule is COC(=O)c1c(OC)cc(Nc2ccc(C3(C#N)CCC3)cc2[N+](=O)[O-])cc1OC. The van der Waals surface area contributed by atoms with Gasteiger partial charge in [-0.1, -0.05) is 6.07 Å². The number of esters is 1. The number of carbonyl (C=O) groups excluding carboxylic acids is 1. The average molecular weight is 411 g/mol. The molecular weight excluding hydrogens is 390 g/mol. The van der Waals surface area contributed by atoms with Gasteiger partial charge in [-0.15, -0.1) is 0 Å². The van der Waals surface area contributed by atoms with Crippen LogP contribution in [0.15, 0.2) is 30.3 Å². The number of rotatable bonds is 7. The topological polar surface area (TPSA) is 124 Å². The number of nitriles is 1. The second kappa shape index (κ2) is 8.29. The van der Waals surface area contributed by atoms with Gasteiger partial charge in [0.2, 0.25) is 0 Å². The molecule has 0 heterocycles. The highest BCUT2D eigenvalue weighted by molar-refractivity contribution is 5.96. The molecular formula is C21H21N3O6. The maximum Gasteiger partial charge on any atom is 0.345 e. The number of nitro benzene ring substituents is 1. The minimum atomic E-state index is -0.655. The van der Waals surface area contributed by atoms with E-state index in [2.05, 4.69) is 11.4 Å². The van der Waals surface area contributed by atoms with Crippen molar-refractivity contribution < 1.29 is 23.9 Å². The minimum Gasteiger partial charge on any atom is -0.496 e. The van der Waals surface area contributed by atoms with Crippen molar-refractivity contribution in [3.8, 4) is 17.6 Å². The summed E-state index contributed by atoms with van der Waals surface area (Å²) in [4.78, 5) is 23.3. The van der Waals surface area contributed by atoms with Gasteiger partial charge in [0.15, 0.2) is 0 Å². The van der Waals surface area contributed by atoms with Gasteiger partial charge in [0.1, 0.15) is 22.7 Å². The Bertz CT molecular complexity index is 1010. The number of hydrogen-bond donors (Lipinski definition) is 1. The molecule has 1 saturated carbocycles. The molecule has 0 aliphatic heterocycles. The Morgan fingerprint density at radius 3 is 2.23 bits per heavy atom. The van der Waals surface area contributed by atoms with Crippen molar-refractivity contribution in [3.63, 3.8) is 0 Å². The molecule has 3 rings (SSSR count). The Balaban J connectivity index is 2.03. The molecule has 1 aliphatic rings. The van der Waals surface area contributed by atoms with Gasteiger partial charge in [0.25, 0.3) is 5.69 Å². The molecule has 0 unspecified atom stereocenters. The minimum absolute atomic E-state index is 0.110. The van der Waals surface area contributed by atoms with Crippen molar-refractivity contribution in [2.24, 2.45) is 0 Å². The van der Waals surface area contributed by atoms with Crippen LogP contribution in [0.4, 0.5) is 17.1 Å². The normalized spacial score (nSPS) is 14.1. The number of methoxy groups -OCH3 is 3. The van der Waals surface area contributed by atoms with Crippen molar-refractivity contribution in [2.45, 2.75) is 24.7 Å². The molecule has 9 nitrogen and oxygen atoms in total. The second-order valence-corrected chi connectivity index (χ2v) is 6.91. The molecule has 1 N–H and O–H groups in total. The summed E-state index contributed by atoms with van der Waals surface area (Å²) in [6.07, 6.45) is 2.31. The lowest BCUT2D eigenvalue weighted by atomic mass is 9.65. The molecule has 1 fully saturated rings. The van der Waals surface area contributed by atoms with Crippen LogP contribution in [0.1, 0.15) is 35.2 Å². The first-order valence-corrected chi connectivity index (χ1v) is 9.20. The number of carbonyl (C=O) groups is 1. The van der Waals surface area contributed by atoms with E-state index < -0.39 is 16.3 Å². The molecule has 0 radical (unpaired) electrons. The van der Waals surface area contributed by atoms with Crippen LogP contribution in [-0.4, -0.2) is 32.2 Å². The maximum absolute atomic E-state index is 12.1. The van der Waals surface area contributed by atoms with E-state index in [0.717, 1.165) is 6.42 Å². The molecule has 156 valence electrons. The van der Waals surface area contributed by atoms with Gasteiger partial charge in [0, 0.05) is 23.9 Å². The molecule has 2 aromatic rings. The third kappa shape index (κ3) is 3.59. The maximum atomic E-state index is 12.1. The Morgan fingerprint density at radius 2 is 1.80 bits per heavy atom. The zero-order valence-electron chi connectivity index (χ0n) is 16.9. The van der Waals surface area contributed by atoms with E-state index in [9.17, 15) is 20.2 Å². The molecule has 0 atom stereocenters. The van der Waals surface area contributed by atoms with Crippen molar-refractivity contribution in [1.82, 2.24) is 0 Å². The molecule has 0 aromatic heterocycles. The van der Waals surface area contributed by atoms with E-state index in [0.29, 0.717) is 24.1 Å². The number of nitro groups is 1. The molecule has 0 amide bonds. The highest BCUT2D eigenvalue weighted by atomic mass is 16.6. The summed E-state index contributed by atoms with van der Waals surface area (Å²) in [7, 11) is 4.03. The first kappa shape index (κ1) is 20.9. The number of ether oxygens (including phenoxy) is 3. The first-order chi connectivity index (χ1) is 14.4. The molecule has 2 aromatic carbocycles. The summed E-state index contributed by atoms with van der Waals surface area (Å²) in [5.74, 6) is -0.241. The molecule has 0 spiro atoms. The largest absolute Gasteiger partial charge is 0.496 e. The Kier molecular flexibility index (Phi) is 5.78. The molecule has 0 saturated heterocycles. The summed E-state index contributed by atoms with van der Waals surface area (Å²) in [5, 5.41) is 24.2. The van der Waals surface area contributed by atoms with Crippen molar-refractivity contribution in [2.75, 3.05) is 26.6 Å². The van der Waals surface area contributed by atoms with Crippen LogP contribution in [0, 0.1) is 21.4 Å². The van der Waals surface area contributed by atoms with Crippen LogP contribution < -0.4 is 14.8 Å². The zero-order valence-corrected chi connectivity index (χ0v) is 16.9. The third-order valence-electron chi connectivity index (χ3n) is 5.34. The van der Waals surface area contributed by atoms with Crippen LogP contribution in [0.5, 0.6) is 11.5 Å². The number of anilines is 2. The van der Waals surface area contributed by atoms with E-state index >= 15 is 0 Å². The number of nitrogens with one attached hydrogen (secondary N) is 1. The van der Waals surface area contributed by atoms with Gasteiger partial charge in [-0.05, 0) is 30.9 Å². The predicted octanol–water partition coefficient (Wildman–Crippen LogP) is 4.09. The standard InChI is InChI=1S/C21H21N3O6/c1-28-17-10-14(11-18(29-2)19(17)20(25)30-3)23-15-6-5-13(9-16(15)24(26)27)21(12-22)7-4-8-21/h5-6,9-11,23H,4,7-8H2,1-3H3. The van der Waals surface area contributed by atoms with Crippen LogP contribution in [0.3, 0.4) is 0 Å². The summed E-state index contributed by atoms with van der Waals surface area (Å²) in [6, 6.07) is 10.1. The molecule has 0 bridgehead atoms. The Hall–Kier alpha value is -3.80. The van der Waals surface area contributed by atoms with Crippen LogP contribution in [0.25, 0.3) is 0 Å². The van der Waals surface area contributed by atoms with E-state index in [1.54, 1.807) is 12.1 Å². The Labute approximate surface area is 173 Å². The lowest BCUT2D eigenvalue weighted by Gasteiger charge is -2.35. The number of benzene rings is 2. The molecule has 30 heavy (non-hydrogen) atoms. The fraction of sp³-hybridized carbons (Fsp3) is 0.333. The van der Waals surface area contributed by atoms with Crippen molar-refractivity contribution in [3.05, 3.63) is 51.6 Å². The fourth-order valence-corrected chi connectivity index (χ4v) is 3.52. The Morgan fingerprint density at radius 1 is 1.17 bits per heavy atom. The van der Waals surface area contributed by atoms with Crippen molar-refractivity contribution in [1.29, 1.82) is 5.26 Å². The smallest absolute Gasteiger partial charge is 0.345 e. The van der Waals surface area contributed by atoms with Gasteiger partial charge in [-0.2, -0.15) is 5.26 Å². The van der Waals surface area contributed by atoms with Gasteiger partial charge in [-0.25, -0.2) is 4.79 Å². The highest BCUT2D eigenvalue weighted by Crippen LogP contribution is 2.45. The highest BCUT2D eigenvalue weighted by Gasteiger charge is 2.40. The summed E-state index contributed by atoms with van der Waals surface area (Å²) in [5.41, 5.74) is 0.613. The molecule has 1 aliphatic carbocycles. The van der Waals surface area contributed by atoms with Crippen LogP contribution in [0.2, 0.25) is 0 Å².